The fourth-order valence-corrected chi connectivity index (χ4v) is 5.88. The first kappa shape index (κ1) is 24.6. The van der Waals surface area contributed by atoms with Gasteiger partial charge >= 0.3 is 0 Å². The zero-order valence-electron chi connectivity index (χ0n) is 22.2. The van der Waals surface area contributed by atoms with Gasteiger partial charge < -0.3 is 14.7 Å². The number of nitrogens with zero attached hydrogens (tertiary/aromatic N) is 7. The summed E-state index contributed by atoms with van der Waals surface area (Å²) in [7, 11) is 1.63. The first-order chi connectivity index (χ1) is 19.6. The molecule has 4 aromatic heterocycles. The van der Waals surface area contributed by atoms with Crippen LogP contribution in [0, 0.1) is 29.1 Å². The molecular weight excluding hydrogens is 502 g/mol. The topological polar surface area (TPSA) is 103 Å². The van der Waals surface area contributed by atoms with Gasteiger partial charge in [-0.2, -0.15) is 10.4 Å². The monoisotopic (exact) mass is 531 g/mol. The minimum Gasteiger partial charge on any atom is -0.481 e. The number of nitriles is 1. The number of anilines is 1. The quantitative estimate of drug-likeness (QED) is 0.378. The molecule has 0 radical (unpaired) electrons. The molecule has 0 amide bonds. The summed E-state index contributed by atoms with van der Waals surface area (Å²) in [6.45, 7) is 2.77. The normalized spacial score (nSPS) is 20.8. The van der Waals surface area contributed by atoms with Gasteiger partial charge in [0, 0.05) is 73.1 Å². The van der Waals surface area contributed by atoms with E-state index >= 15 is 0 Å². The molecule has 9 heteroatoms. The van der Waals surface area contributed by atoms with E-state index in [1.165, 1.54) is 12.0 Å². The summed E-state index contributed by atoms with van der Waals surface area (Å²) in [5.41, 5.74) is 4.91. The van der Waals surface area contributed by atoms with Crippen LogP contribution in [0.5, 0.6) is 5.88 Å². The van der Waals surface area contributed by atoms with Gasteiger partial charge in [0.1, 0.15) is 18.0 Å². The molecule has 4 aromatic rings. The molecule has 4 aliphatic rings. The van der Waals surface area contributed by atoms with Crippen LogP contribution in [0.3, 0.4) is 0 Å². The number of rotatable bonds is 6. The van der Waals surface area contributed by atoms with Crippen LogP contribution in [0.25, 0.3) is 16.6 Å². The van der Waals surface area contributed by atoms with E-state index in [-0.39, 0.29) is 5.92 Å². The lowest BCUT2D eigenvalue weighted by molar-refractivity contribution is -0.00876. The number of aliphatic hydroxyl groups excluding tert-OH is 1. The number of fused-ring (bicyclic) bond motifs is 3. The van der Waals surface area contributed by atoms with E-state index in [0.717, 1.165) is 60.5 Å². The maximum Gasteiger partial charge on any atom is 0.212 e. The zero-order valence-corrected chi connectivity index (χ0v) is 22.2. The van der Waals surface area contributed by atoms with Crippen molar-refractivity contribution in [1.82, 2.24) is 24.5 Å². The van der Waals surface area contributed by atoms with Gasteiger partial charge in [-0.1, -0.05) is 17.9 Å². The second-order valence-corrected chi connectivity index (χ2v) is 10.9. The molecule has 0 aromatic carbocycles. The zero-order chi connectivity index (χ0) is 27.2. The maximum absolute atomic E-state index is 10.2. The Bertz CT molecular complexity index is 1650. The van der Waals surface area contributed by atoms with Gasteiger partial charge in [0.15, 0.2) is 0 Å². The van der Waals surface area contributed by atoms with Gasteiger partial charge in [0.05, 0.1) is 24.4 Å². The van der Waals surface area contributed by atoms with Crippen LogP contribution in [-0.2, 0) is 6.54 Å². The van der Waals surface area contributed by atoms with Crippen molar-refractivity contribution in [3.63, 3.8) is 0 Å². The van der Waals surface area contributed by atoms with Gasteiger partial charge in [0.2, 0.25) is 5.88 Å². The highest BCUT2D eigenvalue weighted by Gasteiger charge is 2.44. The SMILES string of the molecule is COc1ccc(CN2C3CC2CN(c2ccc(-c4cc(C#CC(O)C5CC5)cn5ncc(C#N)c45)cn2)C3)cn1. The Morgan fingerprint density at radius 3 is 2.62 bits per heavy atom. The van der Waals surface area contributed by atoms with Crippen molar-refractivity contribution in [1.29, 1.82) is 5.26 Å². The summed E-state index contributed by atoms with van der Waals surface area (Å²) in [5.74, 6) is 7.96. The number of aliphatic hydroxyl groups is 1. The van der Waals surface area contributed by atoms with Gasteiger partial charge in [0.25, 0.3) is 0 Å². The summed E-state index contributed by atoms with van der Waals surface area (Å²) in [4.78, 5) is 14.1. The van der Waals surface area contributed by atoms with Crippen molar-refractivity contribution in [2.75, 3.05) is 25.1 Å². The van der Waals surface area contributed by atoms with E-state index in [2.05, 4.69) is 56.0 Å². The molecule has 8 rings (SSSR count). The summed E-state index contributed by atoms with van der Waals surface area (Å²) in [5, 5.41) is 24.3. The first-order valence-corrected chi connectivity index (χ1v) is 13.7. The highest BCUT2D eigenvalue weighted by molar-refractivity contribution is 5.85. The average Bonchev–Trinajstić information content (AvgIpc) is 3.78. The maximum atomic E-state index is 10.2. The van der Waals surface area contributed by atoms with E-state index in [1.54, 1.807) is 17.8 Å². The fourth-order valence-electron chi connectivity index (χ4n) is 5.88. The largest absolute Gasteiger partial charge is 0.481 e. The standard InChI is InChI=1S/C31H29N7O2/c1-40-30-9-3-21(13-34-30)16-37-25-11-26(37)19-36(18-25)29-8-6-23(14-33-29)27-10-20(2-7-28(39)22-4-5-22)17-38-31(27)24(12-32)15-35-38/h3,6,8-10,13-15,17,22,25-26,28,39H,4-5,11,16,18-19H2,1H3. The molecule has 3 unspecified atom stereocenters. The summed E-state index contributed by atoms with van der Waals surface area (Å²) in [6, 6.07) is 13.3. The molecule has 3 atom stereocenters. The second kappa shape index (κ2) is 9.95. The van der Waals surface area contributed by atoms with Crippen molar-refractivity contribution in [2.24, 2.45) is 5.92 Å². The molecule has 7 heterocycles. The molecule has 200 valence electrons. The summed E-state index contributed by atoms with van der Waals surface area (Å²) >= 11 is 0. The van der Waals surface area contributed by atoms with E-state index in [0.29, 0.717) is 23.5 Å². The molecular formula is C31H29N7O2. The molecule has 40 heavy (non-hydrogen) atoms. The lowest BCUT2D eigenvalue weighted by Gasteiger charge is -2.56. The highest BCUT2D eigenvalue weighted by Crippen LogP contribution is 2.36. The number of aromatic nitrogens is 4. The summed E-state index contributed by atoms with van der Waals surface area (Å²) < 4.78 is 6.88. The third-order valence-electron chi connectivity index (χ3n) is 8.26. The van der Waals surface area contributed by atoms with Gasteiger partial charge in [-0.3, -0.25) is 4.90 Å². The summed E-state index contributed by atoms with van der Waals surface area (Å²) in [6.07, 6.45) is 9.81. The minimum absolute atomic E-state index is 0.287. The number of piperazine rings is 1. The van der Waals surface area contributed by atoms with Crippen LogP contribution in [0.2, 0.25) is 0 Å². The Balaban J connectivity index is 1.10. The second-order valence-electron chi connectivity index (χ2n) is 10.9. The Morgan fingerprint density at radius 2 is 1.95 bits per heavy atom. The van der Waals surface area contributed by atoms with Gasteiger partial charge in [-0.15, -0.1) is 0 Å². The predicted molar refractivity (Wildman–Crippen MR) is 149 cm³/mol. The smallest absolute Gasteiger partial charge is 0.212 e. The Hall–Kier alpha value is -4.44. The fraction of sp³-hybridized carbons (Fsp3) is 0.355. The number of hydrogen-bond acceptors (Lipinski definition) is 8. The molecule has 4 fully saturated rings. The van der Waals surface area contributed by atoms with E-state index in [9.17, 15) is 10.4 Å². The minimum atomic E-state index is -0.605. The Morgan fingerprint density at radius 1 is 1.10 bits per heavy atom. The number of pyridine rings is 3. The predicted octanol–water partition coefficient (Wildman–Crippen LogP) is 3.26. The van der Waals surface area contributed by atoms with Crippen molar-refractivity contribution in [3.8, 4) is 34.9 Å². The Kier molecular flexibility index (Phi) is 6.11. The molecule has 2 bridgehead atoms. The molecule has 3 aliphatic heterocycles. The van der Waals surface area contributed by atoms with Crippen LogP contribution in [-0.4, -0.2) is 68.0 Å². The van der Waals surface area contributed by atoms with Crippen LogP contribution >= 0.6 is 0 Å². The van der Waals surface area contributed by atoms with E-state index in [1.807, 2.05) is 30.7 Å². The molecule has 0 spiro atoms. The number of methoxy groups -OCH3 is 1. The van der Waals surface area contributed by atoms with Crippen molar-refractivity contribution in [3.05, 3.63) is 71.8 Å². The van der Waals surface area contributed by atoms with Crippen molar-refractivity contribution in [2.45, 2.75) is 44.0 Å². The number of piperidine rings is 1. The van der Waals surface area contributed by atoms with Crippen LogP contribution in [0.1, 0.15) is 36.0 Å². The van der Waals surface area contributed by atoms with Crippen molar-refractivity contribution < 1.29 is 9.84 Å². The van der Waals surface area contributed by atoms with E-state index in [4.69, 9.17) is 9.72 Å². The van der Waals surface area contributed by atoms with Crippen molar-refractivity contribution >= 4 is 11.3 Å². The average molecular weight is 532 g/mol. The van der Waals surface area contributed by atoms with Gasteiger partial charge in [-0.25, -0.2) is 14.5 Å². The molecule has 3 saturated heterocycles. The molecule has 1 N–H and O–H groups in total. The first-order valence-electron chi connectivity index (χ1n) is 13.7. The van der Waals surface area contributed by atoms with Crippen LogP contribution in [0.15, 0.2) is 55.1 Å². The number of hydrogen-bond donors (Lipinski definition) is 1. The highest BCUT2D eigenvalue weighted by atomic mass is 16.5. The number of ether oxygens (including phenoxy) is 1. The lowest BCUT2D eigenvalue weighted by atomic mass is 9.87. The van der Waals surface area contributed by atoms with Crippen LogP contribution in [0.4, 0.5) is 5.82 Å². The lowest BCUT2D eigenvalue weighted by Crippen LogP contribution is -2.68. The third kappa shape index (κ3) is 4.54. The van der Waals surface area contributed by atoms with Crippen LogP contribution < -0.4 is 9.64 Å². The third-order valence-corrected chi connectivity index (χ3v) is 8.26. The molecule has 1 saturated carbocycles. The van der Waals surface area contributed by atoms with Gasteiger partial charge in [-0.05, 0) is 48.9 Å². The molecule has 1 aliphatic carbocycles. The Labute approximate surface area is 232 Å². The van der Waals surface area contributed by atoms with E-state index < -0.39 is 6.10 Å². The molecule has 9 nitrogen and oxygen atoms in total.